The topological polar surface area (TPSA) is 75.6 Å². The third-order valence-electron chi connectivity index (χ3n) is 12.2. The molecule has 4 fully saturated rings. The Morgan fingerprint density at radius 2 is 1.13 bits per heavy atom. The van der Waals surface area contributed by atoms with Gasteiger partial charge < -0.3 is 15.5 Å². The minimum absolute atomic E-state index is 0.209. The van der Waals surface area contributed by atoms with Crippen LogP contribution in [0.25, 0.3) is 0 Å². The van der Waals surface area contributed by atoms with Crippen LogP contribution in [0.4, 0.5) is 11.4 Å². The summed E-state index contributed by atoms with van der Waals surface area (Å²) < 4.78 is 0. The summed E-state index contributed by atoms with van der Waals surface area (Å²) in [7, 11) is 0. The van der Waals surface area contributed by atoms with E-state index in [1.54, 1.807) is 6.07 Å². The zero-order chi connectivity index (χ0) is 32.7. The summed E-state index contributed by atoms with van der Waals surface area (Å²) in [5.74, 6) is 3.15. The molecule has 2 saturated carbocycles. The second-order valence-electron chi connectivity index (χ2n) is 15.1. The minimum atomic E-state index is -0.263. The fraction of sp³-hybridized carbons (Fsp3) is 0.700. The highest BCUT2D eigenvalue weighted by Crippen LogP contribution is 2.67. The predicted molar refractivity (Wildman–Crippen MR) is 192 cm³/mol. The standard InChI is InChI=1S/C20H30N2O2.C20H32N2/c1-3-5-6-7-12-21-14-18-19(15-21)20(18,11-4-2)16-9-8-10-17(13-16)22(23)24;1-3-5-6-7-12-22-14-18-19(15-22)20(18,11-4-2)16-9-8-10-17(21)13-16/h8-10,13,18-19H,3-7,11-12,14-15H2,1-2H3;8-10,13,18-19H,3-7,11-12,14-15,21H2,1-2H3. The molecule has 0 bridgehead atoms. The van der Waals surface area contributed by atoms with Gasteiger partial charge in [0, 0.05) is 54.8 Å². The van der Waals surface area contributed by atoms with E-state index in [0.717, 1.165) is 30.4 Å². The maximum absolute atomic E-state index is 11.1. The number of piperidine rings is 2. The summed E-state index contributed by atoms with van der Waals surface area (Å²) in [4.78, 5) is 16.2. The molecule has 2 aliphatic carbocycles. The molecule has 4 unspecified atom stereocenters. The molecular formula is C40H62N4O2. The average molecular weight is 631 g/mol. The highest BCUT2D eigenvalue weighted by molar-refractivity contribution is 5.48. The maximum Gasteiger partial charge on any atom is 0.269 e. The first-order chi connectivity index (χ1) is 22.3. The van der Waals surface area contributed by atoms with Crippen molar-refractivity contribution < 1.29 is 4.92 Å². The quantitative estimate of drug-likeness (QED) is 0.0816. The van der Waals surface area contributed by atoms with E-state index in [2.05, 4.69) is 61.8 Å². The monoisotopic (exact) mass is 630 g/mol. The van der Waals surface area contributed by atoms with E-state index < -0.39 is 0 Å². The molecule has 2 N–H and O–H groups in total. The predicted octanol–water partition coefficient (Wildman–Crippen LogP) is 9.22. The van der Waals surface area contributed by atoms with Gasteiger partial charge in [-0.1, -0.05) is 103 Å². The lowest BCUT2D eigenvalue weighted by Gasteiger charge is -2.27. The number of hydrogen-bond acceptors (Lipinski definition) is 5. The normalized spacial score (nSPS) is 29.6. The SMILES string of the molecule is CCCCCCN1CC2C(C1)C2(CCC)c1cccc(N)c1.CCCCCCN1CC2C(C1)C2(CCC)c1cccc([N+](=O)[O-])c1. The molecule has 2 heterocycles. The Morgan fingerprint density at radius 3 is 1.54 bits per heavy atom. The molecule has 4 aliphatic rings. The first kappa shape index (κ1) is 34.9. The largest absolute Gasteiger partial charge is 0.399 e. The number of unbranched alkanes of at least 4 members (excludes halogenated alkanes) is 6. The number of hydrogen-bond donors (Lipinski definition) is 1. The molecule has 0 aromatic heterocycles. The van der Waals surface area contributed by atoms with Crippen molar-refractivity contribution in [2.75, 3.05) is 45.0 Å². The molecule has 6 rings (SSSR count). The molecule has 2 aromatic carbocycles. The molecule has 46 heavy (non-hydrogen) atoms. The van der Waals surface area contributed by atoms with Gasteiger partial charge in [0.1, 0.15) is 0 Å². The third kappa shape index (κ3) is 7.18. The summed E-state index contributed by atoms with van der Waals surface area (Å²) >= 11 is 0. The van der Waals surface area contributed by atoms with Crippen LogP contribution in [0, 0.1) is 33.8 Å². The Labute approximate surface area is 279 Å². The van der Waals surface area contributed by atoms with Crippen LogP contribution in [0.1, 0.15) is 116 Å². The molecular weight excluding hydrogens is 568 g/mol. The number of anilines is 1. The first-order valence-electron chi connectivity index (χ1n) is 18.9. The summed E-state index contributed by atoms with van der Waals surface area (Å²) in [5, 5.41) is 11.1. The van der Waals surface area contributed by atoms with Crippen molar-refractivity contribution in [3.63, 3.8) is 0 Å². The Hall–Kier alpha value is -2.44. The Balaban J connectivity index is 0.000000182. The van der Waals surface area contributed by atoms with Crippen molar-refractivity contribution in [3.05, 3.63) is 69.8 Å². The molecule has 0 spiro atoms. The van der Waals surface area contributed by atoms with Crippen LogP contribution in [0.15, 0.2) is 48.5 Å². The van der Waals surface area contributed by atoms with Gasteiger partial charge in [-0.3, -0.25) is 10.1 Å². The van der Waals surface area contributed by atoms with Gasteiger partial charge in [0.25, 0.3) is 5.69 Å². The van der Waals surface area contributed by atoms with Crippen molar-refractivity contribution in [3.8, 4) is 0 Å². The Kier molecular flexibility index (Phi) is 11.9. The second kappa shape index (κ2) is 15.6. The maximum atomic E-state index is 11.1. The number of nitro groups is 1. The summed E-state index contributed by atoms with van der Waals surface area (Å²) in [6, 6.07) is 16.1. The van der Waals surface area contributed by atoms with E-state index >= 15 is 0 Å². The second-order valence-corrected chi connectivity index (χ2v) is 15.1. The highest BCUT2D eigenvalue weighted by Gasteiger charge is 2.68. The van der Waals surface area contributed by atoms with Crippen LogP contribution in [-0.4, -0.2) is 54.0 Å². The first-order valence-corrected chi connectivity index (χ1v) is 18.9. The fourth-order valence-corrected chi connectivity index (χ4v) is 9.97. The number of likely N-dealkylation sites (tertiary alicyclic amines) is 2. The molecule has 4 atom stereocenters. The van der Waals surface area contributed by atoms with Crippen LogP contribution < -0.4 is 5.73 Å². The van der Waals surface area contributed by atoms with E-state index in [9.17, 15) is 10.1 Å². The zero-order valence-electron chi connectivity index (χ0n) is 29.4. The number of fused-ring (bicyclic) bond motifs is 2. The smallest absolute Gasteiger partial charge is 0.269 e. The summed E-state index contributed by atoms with van der Waals surface area (Å²) in [5.41, 5.74) is 10.6. The minimum Gasteiger partial charge on any atom is -0.399 e. The molecule has 0 amide bonds. The number of rotatable bonds is 17. The van der Waals surface area contributed by atoms with Crippen molar-refractivity contribution in [2.45, 2.75) is 116 Å². The van der Waals surface area contributed by atoms with E-state index in [1.807, 2.05) is 18.2 Å². The van der Waals surface area contributed by atoms with Crippen molar-refractivity contribution in [1.82, 2.24) is 9.80 Å². The van der Waals surface area contributed by atoms with Gasteiger partial charge in [-0.2, -0.15) is 0 Å². The van der Waals surface area contributed by atoms with Crippen molar-refractivity contribution >= 4 is 11.4 Å². The lowest BCUT2D eigenvalue weighted by Crippen LogP contribution is -2.31. The van der Waals surface area contributed by atoms with E-state index in [-0.39, 0.29) is 16.0 Å². The molecule has 0 radical (unpaired) electrons. The number of non-ortho nitro benzene ring substituents is 1. The van der Waals surface area contributed by atoms with Crippen LogP contribution in [-0.2, 0) is 10.8 Å². The van der Waals surface area contributed by atoms with E-state index in [4.69, 9.17) is 5.73 Å². The van der Waals surface area contributed by atoms with Crippen molar-refractivity contribution in [2.24, 2.45) is 23.7 Å². The molecule has 2 aromatic rings. The molecule has 254 valence electrons. The van der Waals surface area contributed by atoms with Gasteiger partial charge in [-0.25, -0.2) is 0 Å². The number of nitro benzene ring substituents is 1. The number of nitrogen functional groups attached to an aromatic ring is 1. The van der Waals surface area contributed by atoms with Gasteiger partial charge in [0.15, 0.2) is 0 Å². The van der Waals surface area contributed by atoms with E-state index in [0.29, 0.717) is 17.3 Å². The molecule has 6 nitrogen and oxygen atoms in total. The van der Waals surface area contributed by atoms with Crippen LogP contribution in [0.5, 0.6) is 0 Å². The number of nitrogens with two attached hydrogens (primary N) is 1. The summed E-state index contributed by atoms with van der Waals surface area (Å²) in [6.45, 7) is 16.6. The molecule has 6 heteroatoms. The van der Waals surface area contributed by atoms with Gasteiger partial charge >= 0.3 is 0 Å². The van der Waals surface area contributed by atoms with E-state index in [1.165, 1.54) is 115 Å². The van der Waals surface area contributed by atoms with Crippen LogP contribution in [0.3, 0.4) is 0 Å². The van der Waals surface area contributed by atoms with Gasteiger partial charge in [0.05, 0.1) is 4.92 Å². The number of nitrogens with zero attached hydrogens (tertiary/aromatic N) is 3. The molecule has 2 aliphatic heterocycles. The van der Waals surface area contributed by atoms with Crippen LogP contribution in [0.2, 0.25) is 0 Å². The van der Waals surface area contributed by atoms with Crippen molar-refractivity contribution in [1.29, 1.82) is 0 Å². The van der Waals surface area contributed by atoms with Gasteiger partial charge in [-0.15, -0.1) is 0 Å². The highest BCUT2D eigenvalue weighted by atomic mass is 16.6. The van der Waals surface area contributed by atoms with Crippen LogP contribution >= 0.6 is 0 Å². The Morgan fingerprint density at radius 1 is 0.674 bits per heavy atom. The number of benzene rings is 2. The molecule has 2 saturated heterocycles. The zero-order valence-corrected chi connectivity index (χ0v) is 29.4. The summed E-state index contributed by atoms with van der Waals surface area (Å²) in [6.07, 6.45) is 15.7. The average Bonchev–Trinajstić information content (AvgIpc) is 3.59. The van der Waals surface area contributed by atoms with Gasteiger partial charge in [0.2, 0.25) is 0 Å². The lowest BCUT2D eigenvalue weighted by atomic mass is 9.85. The van der Waals surface area contributed by atoms with Gasteiger partial charge in [-0.05, 0) is 85.7 Å². The fourth-order valence-electron chi connectivity index (χ4n) is 9.97. The lowest BCUT2D eigenvalue weighted by molar-refractivity contribution is -0.385. The Bertz CT molecular complexity index is 1260. The third-order valence-corrected chi connectivity index (χ3v) is 12.2.